The highest BCUT2D eigenvalue weighted by Crippen LogP contribution is 2.18. The lowest BCUT2D eigenvalue weighted by atomic mass is 10.1. The Morgan fingerprint density at radius 2 is 1.76 bits per heavy atom. The van der Waals surface area contributed by atoms with Crippen molar-refractivity contribution < 1.29 is 27.8 Å². The molecular weight excluding hydrogens is 284 g/mol. The molecule has 0 aliphatic carbocycles. The average Bonchev–Trinajstić information content (AvgIpc) is 2.41. The van der Waals surface area contributed by atoms with Gasteiger partial charge < -0.3 is 9.47 Å². The van der Waals surface area contributed by atoms with Crippen LogP contribution in [0.2, 0.25) is 0 Å². The Labute approximate surface area is 120 Å². The van der Waals surface area contributed by atoms with E-state index in [0.717, 1.165) is 18.3 Å². The summed E-state index contributed by atoms with van der Waals surface area (Å²) in [6.45, 7) is 3.31. The molecule has 0 saturated carbocycles. The summed E-state index contributed by atoms with van der Waals surface area (Å²) in [5, 5.41) is 0. The molecule has 0 aliphatic heterocycles. The lowest BCUT2D eigenvalue weighted by molar-refractivity contribution is -0.157. The van der Waals surface area contributed by atoms with Crippen LogP contribution in [0, 0.1) is 17.6 Å². The second-order valence-electron chi connectivity index (χ2n) is 3.86. The molecule has 0 fully saturated rings. The SMILES string of the molecule is CCOC(=O)C(C=Nc1ccc(F)cc1F)C(=O)OCC. The van der Waals surface area contributed by atoms with Crippen molar-refractivity contribution in [2.45, 2.75) is 13.8 Å². The molecule has 0 saturated heterocycles. The number of rotatable bonds is 6. The number of benzene rings is 1. The molecule has 1 aromatic carbocycles. The van der Waals surface area contributed by atoms with E-state index in [1.807, 2.05) is 0 Å². The summed E-state index contributed by atoms with van der Waals surface area (Å²) in [5.41, 5.74) is -0.199. The van der Waals surface area contributed by atoms with Gasteiger partial charge >= 0.3 is 11.9 Å². The van der Waals surface area contributed by atoms with E-state index in [1.54, 1.807) is 13.8 Å². The van der Waals surface area contributed by atoms with Crippen LogP contribution in [-0.2, 0) is 19.1 Å². The fraction of sp³-hybridized carbons (Fsp3) is 0.357. The number of nitrogens with zero attached hydrogens (tertiary/aromatic N) is 1. The monoisotopic (exact) mass is 299 g/mol. The predicted octanol–water partition coefficient (Wildman–Crippen LogP) is 2.41. The van der Waals surface area contributed by atoms with E-state index in [1.165, 1.54) is 0 Å². The van der Waals surface area contributed by atoms with E-state index in [9.17, 15) is 18.4 Å². The van der Waals surface area contributed by atoms with E-state index < -0.39 is 29.5 Å². The van der Waals surface area contributed by atoms with Gasteiger partial charge in [0.2, 0.25) is 0 Å². The van der Waals surface area contributed by atoms with Crippen molar-refractivity contribution in [3.8, 4) is 0 Å². The van der Waals surface area contributed by atoms with Crippen LogP contribution in [0.1, 0.15) is 13.8 Å². The molecule has 0 spiro atoms. The van der Waals surface area contributed by atoms with Gasteiger partial charge in [-0.25, -0.2) is 8.78 Å². The first-order valence-electron chi connectivity index (χ1n) is 6.32. The second kappa shape index (κ2) is 8.08. The van der Waals surface area contributed by atoms with Crippen LogP contribution in [0.4, 0.5) is 14.5 Å². The van der Waals surface area contributed by atoms with Gasteiger partial charge in [-0.15, -0.1) is 0 Å². The molecule has 0 aromatic heterocycles. The number of hydrogen-bond acceptors (Lipinski definition) is 5. The highest BCUT2D eigenvalue weighted by atomic mass is 19.1. The molecule has 0 atom stereocenters. The fourth-order valence-corrected chi connectivity index (χ4v) is 1.42. The third-order valence-corrected chi connectivity index (χ3v) is 2.35. The van der Waals surface area contributed by atoms with Crippen molar-refractivity contribution in [2.24, 2.45) is 10.9 Å². The van der Waals surface area contributed by atoms with Gasteiger partial charge in [-0.2, -0.15) is 0 Å². The number of carbonyl (C=O) groups excluding carboxylic acids is 2. The van der Waals surface area contributed by atoms with Gasteiger partial charge in [-0.3, -0.25) is 14.6 Å². The Morgan fingerprint density at radius 1 is 1.19 bits per heavy atom. The standard InChI is InChI=1S/C14H15F2NO4/c1-3-20-13(18)10(14(19)21-4-2)8-17-12-6-5-9(15)7-11(12)16/h5-8,10H,3-4H2,1-2H3. The second-order valence-corrected chi connectivity index (χ2v) is 3.86. The highest BCUT2D eigenvalue weighted by molar-refractivity contribution is 6.09. The Morgan fingerprint density at radius 3 is 2.24 bits per heavy atom. The maximum absolute atomic E-state index is 13.4. The third-order valence-electron chi connectivity index (χ3n) is 2.35. The fourth-order valence-electron chi connectivity index (χ4n) is 1.42. The van der Waals surface area contributed by atoms with Gasteiger partial charge in [0.1, 0.15) is 5.82 Å². The van der Waals surface area contributed by atoms with E-state index in [-0.39, 0.29) is 18.9 Å². The summed E-state index contributed by atoms with van der Waals surface area (Å²) in [4.78, 5) is 27.0. The minimum Gasteiger partial charge on any atom is -0.465 e. The van der Waals surface area contributed by atoms with E-state index in [2.05, 4.69) is 4.99 Å². The summed E-state index contributed by atoms with van der Waals surface area (Å²) in [6, 6.07) is 2.75. The van der Waals surface area contributed by atoms with Crippen LogP contribution < -0.4 is 0 Å². The van der Waals surface area contributed by atoms with Crippen LogP contribution in [0.5, 0.6) is 0 Å². The van der Waals surface area contributed by atoms with E-state index >= 15 is 0 Å². The van der Waals surface area contributed by atoms with Crippen LogP contribution in [0.3, 0.4) is 0 Å². The average molecular weight is 299 g/mol. The maximum atomic E-state index is 13.4. The number of hydrogen-bond donors (Lipinski definition) is 0. The van der Waals surface area contributed by atoms with Crippen molar-refractivity contribution in [2.75, 3.05) is 13.2 Å². The summed E-state index contributed by atoms with van der Waals surface area (Å²) >= 11 is 0. The molecule has 0 aliphatic rings. The van der Waals surface area contributed by atoms with Gasteiger partial charge in [-0.1, -0.05) is 0 Å². The molecule has 0 heterocycles. The lowest BCUT2D eigenvalue weighted by Gasteiger charge is -2.10. The predicted molar refractivity (Wildman–Crippen MR) is 71.3 cm³/mol. The summed E-state index contributed by atoms with van der Waals surface area (Å²) in [7, 11) is 0. The first-order chi connectivity index (χ1) is 9.99. The van der Waals surface area contributed by atoms with Crippen molar-refractivity contribution in [1.29, 1.82) is 0 Å². The van der Waals surface area contributed by atoms with Crippen molar-refractivity contribution in [3.63, 3.8) is 0 Å². The van der Waals surface area contributed by atoms with Gasteiger partial charge in [0.05, 0.1) is 18.9 Å². The maximum Gasteiger partial charge on any atom is 0.325 e. The first-order valence-corrected chi connectivity index (χ1v) is 6.32. The van der Waals surface area contributed by atoms with Gasteiger partial charge in [0.25, 0.3) is 0 Å². The highest BCUT2D eigenvalue weighted by Gasteiger charge is 2.27. The van der Waals surface area contributed by atoms with Crippen molar-refractivity contribution in [1.82, 2.24) is 0 Å². The molecule has 0 N–H and O–H groups in total. The zero-order chi connectivity index (χ0) is 15.8. The normalized spacial score (nSPS) is 10.9. The molecule has 0 unspecified atom stereocenters. The number of carbonyl (C=O) groups is 2. The Kier molecular flexibility index (Phi) is 6.45. The molecule has 1 rings (SSSR count). The lowest BCUT2D eigenvalue weighted by Crippen LogP contribution is -2.29. The molecule has 0 amide bonds. The molecule has 0 bridgehead atoms. The van der Waals surface area contributed by atoms with Crippen LogP contribution in [0.15, 0.2) is 23.2 Å². The summed E-state index contributed by atoms with van der Waals surface area (Å²) in [6.07, 6.45) is 0.923. The minimum atomic E-state index is -1.39. The third kappa shape index (κ3) is 4.94. The summed E-state index contributed by atoms with van der Waals surface area (Å²) < 4.78 is 35.6. The number of esters is 2. The molecule has 21 heavy (non-hydrogen) atoms. The zero-order valence-electron chi connectivity index (χ0n) is 11.6. The van der Waals surface area contributed by atoms with Gasteiger partial charge in [0.15, 0.2) is 11.7 Å². The quantitative estimate of drug-likeness (QED) is 0.459. The summed E-state index contributed by atoms with van der Waals surface area (Å²) in [5.74, 6) is -4.74. The van der Waals surface area contributed by atoms with Crippen LogP contribution in [0.25, 0.3) is 0 Å². The largest absolute Gasteiger partial charge is 0.465 e. The molecule has 1 aromatic rings. The van der Waals surface area contributed by atoms with E-state index in [0.29, 0.717) is 6.07 Å². The molecule has 5 nitrogen and oxygen atoms in total. The smallest absolute Gasteiger partial charge is 0.325 e. The molecule has 7 heteroatoms. The van der Waals surface area contributed by atoms with Crippen molar-refractivity contribution >= 4 is 23.8 Å². The molecule has 114 valence electrons. The Bertz CT molecular complexity index is 528. The van der Waals surface area contributed by atoms with E-state index in [4.69, 9.17) is 9.47 Å². The number of ether oxygens (including phenoxy) is 2. The minimum absolute atomic E-state index is 0.0769. The number of aliphatic imine (C=N–C) groups is 1. The van der Waals surface area contributed by atoms with Gasteiger partial charge in [-0.05, 0) is 26.0 Å². The van der Waals surface area contributed by atoms with Crippen LogP contribution in [-0.4, -0.2) is 31.4 Å². The van der Waals surface area contributed by atoms with Crippen molar-refractivity contribution in [3.05, 3.63) is 29.8 Å². The molecule has 0 radical (unpaired) electrons. The topological polar surface area (TPSA) is 65.0 Å². The Hall–Kier alpha value is -2.31. The first kappa shape index (κ1) is 16.7. The number of halogens is 2. The Balaban J connectivity index is 2.96. The van der Waals surface area contributed by atoms with Crippen LogP contribution >= 0.6 is 0 Å². The van der Waals surface area contributed by atoms with Gasteiger partial charge in [0, 0.05) is 12.3 Å². The molecular formula is C14H15F2NO4. The zero-order valence-corrected chi connectivity index (χ0v) is 11.6.